The SMILES string of the molecule is COc1ccc(CCN(C)Cc2nc(C(C)(C)C)no2)cc1OC. The molecule has 0 aliphatic rings. The summed E-state index contributed by atoms with van der Waals surface area (Å²) in [5.74, 6) is 2.89. The van der Waals surface area contributed by atoms with Crippen molar-refractivity contribution in [1.82, 2.24) is 15.0 Å². The van der Waals surface area contributed by atoms with E-state index < -0.39 is 0 Å². The number of nitrogens with zero attached hydrogens (tertiary/aromatic N) is 3. The molecule has 0 aliphatic heterocycles. The van der Waals surface area contributed by atoms with Crippen LogP contribution in [0.25, 0.3) is 0 Å². The van der Waals surface area contributed by atoms with Gasteiger partial charge in [0.2, 0.25) is 5.89 Å². The Morgan fingerprint density at radius 2 is 1.83 bits per heavy atom. The van der Waals surface area contributed by atoms with Crippen LogP contribution in [0.1, 0.15) is 38.0 Å². The summed E-state index contributed by atoms with van der Waals surface area (Å²) in [6.45, 7) is 7.73. The summed E-state index contributed by atoms with van der Waals surface area (Å²) in [6, 6.07) is 6.00. The van der Waals surface area contributed by atoms with Gasteiger partial charge in [0.1, 0.15) is 0 Å². The van der Waals surface area contributed by atoms with E-state index >= 15 is 0 Å². The molecular weight excluding hydrogens is 306 g/mol. The van der Waals surface area contributed by atoms with Gasteiger partial charge in [-0.1, -0.05) is 32.0 Å². The topological polar surface area (TPSA) is 60.6 Å². The van der Waals surface area contributed by atoms with Crippen LogP contribution in [0.2, 0.25) is 0 Å². The quantitative estimate of drug-likeness (QED) is 0.776. The summed E-state index contributed by atoms with van der Waals surface area (Å²) in [4.78, 5) is 6.63. The number of ether oxygens (including phenoxy) is 2. The zero-order valence-electron chi connectivity index (χ0n) is 15.4. The van der Waals surface area contributed by atoms with Gasteiger partial charge in [0, 0.05) is 12.0 Å². The van der Waals surface area contributed by atoms with Gasteiger partial charge in [-0.3, -0.25) is 4.90 Å². The molecule has 132 valence electrons. The summed E-state index contributed by atoms with van der Waals surface area (Å²) in [6.07, 6.45) is 0.900. The van der Waals surface area contributed by atoms with E-state index in [9.17, 15) is 0 Å². The van der Waals surface area contributed by atoms with Gasteiger partial charge in [-0.25, -0.2) is 0 Å². The first kappa shape index (κ1) is 18.3. The first-order chi connectivity index (χ1) is 11.3. The molecule has 0 aliphatic carbocycles. The maximum Gasteiger partial charge on any atom is 0.240 e. The molecule has 6 nitrogen and oxygen atoms in total. The molecule has 0 fully saturated rings. The Labute approximate surface area is 143 Å². The number of rotatable bonds is 7. The molecule has 2 rings (SSSR count). The van der Waals surface area contributed by atoms with E-state index in [2.05, 4.69) is 41.9 Å². The summed E-state index contributed by atoms with van der Waals surface area (Å²) < 4.78 is 15.9. The monoisotopic (exact) mass is 333 g/mol. The third-order valence-corrected chi connectivity index (χ3v) is 3.77. The van der Waals surface area contributed by atoms with E-state index in [4.69, 9.17) is 14.0 Å². The average molecular weight is 333 g/mol. The zero-order valence-corrected chi connectivity index (χ0v) is 15.4. The fourth-order valence-electron chi connectivity index (χ4n) is 2.29. The molecule has 0 spiro atoms. The number of likely N-dealkylation sites (N-methyl/N-ethyl adjacent to an activating group) is 1. The van der Waals surface area contributed by atoms with Gasteiger partial charge in [0.25, 0.3) is 0 Å². The maximum atomic E-state index is 5.34. The van der Waals surface area contributed by atoms with Crippen molar-refractivity contribution >= 4 is 0 Å². The second kappa shape index (κ2) is 7.66. The first-order valence-corrected chi connectivity index (χ1v) is 8.06. The predicted octanol–water partition coefficient (Wildman–Crippen LogP) is 3.06. The van der Waals surface area contributed by atoms with Gasteiger partial charge >= 0.3 is 0 Å². The minimum Gasteiger partial charge on any atom is -0.493 e. The predicted molar refractivity (Wildman–Crippen MR) is 92.6 cm³/mol. The lowest BCUT2D eigenvalue weighted by molar-refractivity contribution is 0.267. The van der Waals surface area contributed by atoms with Crippen LogP contribution in [0, 0.1) is 0 Å². The highest BCUT2D eigenvalue weighted by molar-refractivity contribution is 5.42. The van der Waals surface area contributed by atoms with Crippen LogP contribution in [0.5, 0.6) is 11.5 Å². The summed E-state index contributed by atoms with van der Waals surface area (Å²) >= 11 is 0. The van der Waals surface area contributed by atoms with Crippen molar-refractivity contribution in [2.24, 2.45) is 0 Å². The molecule has 0 radical (unpaired) electrons. The van der Waals surface area contributed by atoms with Crippen LogP contribution >= 0.6 is 0 Å². The van der Waals surface area contributed by atoms with Gasteiger partial charge in [-0.2, -0.15) is 4.98 Å². The minimum absolute atomic E-state index is 0.0973. The van der Waals surface area contributed by atoms with Gasteiger partial charge < -0.3 is 14.0 Å². The Bertz CT molecular complexity index is 662. The molecule has 0 bridgehead atoms. The van der Waals surface area contributed by atoms with Crippen LogP contribution in [0.15, 0.2) is 22.7 Å². The van der Waals surface area contributed by atoms with Gasteiger partial charge in [0.15, 0.2) is 17.3 Å². The van der Waals surface area contributed by atoms with Crippen molar-refractivity contribution in [3.63, 3.8) is 0 Å². The molecule has 2 aromatic rings. The fraction of sp³-hybridized carbons (Fsp3) is 0.556. The Balaban J connectivity index is 1.91. The van der Waals surface area contributed by atoms with E-state index in [-0.39, 0.29) is 5.41 Å². The molecule has 0 amide bonds. The summed E-state index contributed by atoms with van der Waals surface area (Å²) in [7, 11) is 5.33. The van der Waals surface area contributed by atoms with E-state index in [1.165, 1.54) is 5.56 Å². The first-order valence-electron chi connectivity index (χ1n) is 8.06. The molecule has 24 heavy (non-hydrogen) atoms. The normalized spacial score (nSPS) is 11.8. The maximum absolute atomic E-state index is 5.34. The fourth-order valence-corrected chi connectivity index (χ4v) is 2.29. The number of benzene rings is 1. The highest BCUT2D eigenvalue weighted by atomic mass is 16.5. The molecule has 6 heteroatoms. The molecule has 0 unspecified atom stereocenters. The van der Waals surface area contributed by atoms with E-state index in [0.29, 0.717) is 12.4 Å². The van der Waals surface area contributed by atoms with Crippen molar-refractivity contribution < 1.29 is 14.0 Å². The second-order valence-electron chi connectivity index (χ2n) is 6.94. The van der Waals surface area contributed by atoms with E-state index in [1.54, 1.807) is 14.2 Å². The summed E-state index contributed by atoms with van der Waals surface area (Å²) in [5.41, 5.74) is 1.10. The highest BCUT2D eigenvalue weighted by Crippen LogP contribution is 2.27. The third kappa shape index (κ3) is 4.71. The van der Waals surface area contributed by atoms with Crippen molar-refractivity contribution in [3.05, 3.63) is 35.5 Å². The average Bonchev–Trinajstić information content (AvgIpc) is 3.01. The molecule has 0 N–H and O–H groups in total. The van der Waals surface area contributed by atoms with Crippen LogP contribution in [0.4, 0.5) is 0 Å². The molecule has 1 heterocycles. The lowest BCUT2D eigenvalue weighted by Gasteiger charge is -2.15. The molecular formula is C18H27N3O3. The van der Waals surface area contributed by atoms with Gasteiger partial charge in [0.05, 0.1) is 20.8 Å². The number of hydrogen-bond acceptors (Lipinski definition) is 6. The van der Waals surface area contributed by atoms with E-state index in [0.717, 1.165) is 30.3 Å². The zero-order chi connectivity index (χ0) is 17.7. The lowest BCUT2D eigenvalue weighted by atomic mass is 9.96. The Morgan fingerprint density at radius 1 is 1.12 bits per heavy atom. The standard InChI is InChI=1S/C18H27N3O3/c1-18(2,3)17-19-16(24-20-17)12-21(4)10-9-13-7-8-14(22-5)15(11-13)23-6/h7-8,11H,9-10,12H2,1-6H3. The molecule has 1 aromatic carbocycles. The lowest BCUT2D eigenvalue weighted by Crippen LogP contribution is -2.21. The van der Waals surface area contributed by atoms with E-state index in [1.807, 2.05) is 19.2 Å². The highest BCUT2D eigenvalue weighted by Gasteiger charge is 2.21. The van der Waals surface area contributed by atoms with Crippen LogP contribution in [-0.4, -0.2) is 42.9 Å². The van der Waals surface area contributed by atoms with Crippen LogP contribution in [0.3, 0.4) is 0 Å². The number of hydrogen-bond donors (Lipinski definition) is 0. The van der Waals surface area contributed by atoms with Crippen molar-refractivity contribution in [1.29, 1.82) is 0 Å². The van der Waals surface area contributed by atoms with Crippen LogP contribution < -0.4 is 9.47 Å². The second-order valence-corrected chi connectivity index (χ2v) is 6.94. The Morgan fingerprint density at radius 3 is 2.42 bits per heavy atom. The molecule has 0 atom stereocenters. The number of methoxy groups -OCH3 is 2. The molecule has 0 saturated heterocycles. The smallest absolute Gasteiger partial charge is 0.240 e. The molecule has 1 aromatic heterocycles. The van der Waals surface area contributed by atoms with Crippen molar-refractivity contribution in [3.8, 4) is 11.5 Å². The third-order valence-electron chi connectivity index (χ3n) is 3.77. The van der Waals surface area contributed by atoms with Gasteiger partial charge in [-0.05, 0) is 31.2 Å². The van der Waals surface area contributed by atoms with Gasteiger partial charge in [-0.15, -0.1) is 0 Å². The van der Waals surface area contributed by atoms with Crippen LogP contribution in [-0.2, 0) is 18.4 Å². The summed E-state index contributed by atoms with van der Waals surface area (Å²) in [5, 5.41) is 4.06. The largest absolute Gasteiger partial charge is 0.493 e. The Kier molecular flexibility index (Phi) is 5.83. The van der Waals surface area contributed by atoms with Crippen molar-refractivity contribution in [2.45, 2.75) is 39.2 Å². The minimum atomic E-state index is -0.0973. The number of aromatic nitrogens is 2. The Hall–Kier alpha value is -2.08. The molecule has 0 saturated carbocycles. The van der Waals surface area contributed by atoms with Crippen molar-refractivity contribution in [2.75, 3.05) is 27.8 Å².